The van der Waals surface area contributed by atoms with Gasteiger partial charge in [0.25, 0.3) is 0 Å². The minimum Gasteiger partial charge on any atom is -0.0616 e. The number of rotatable bonds is 1. The van der Waals surface area contributed by atoms with Gasteiger partial charge in [-0.1, -0.05) is 82.7 Å². The molecule has 5 aliphatic carbocycles. The van der Waals surface area contributed by atoms with Crippen molar-refractivity contribution in [2.24, 2.45) is 23.7 Å². The van der Waals surface area contributed by atoms with Crippen molar-refractivity contribution < 1.29 is 0 Å². The molecule has 1 spiro atoms. The maximum atomic E-state index is 3.64. The van der Waals surface area contributed by atoms with E-state index in [-0.39, 0.29) is 5.41 Å². The molecule has 1 heteroatoms. The Hall–Kier alpha value is -2.38. The lowest BCUT2D eigenvalue weighted by Crippen LogP contribution is -2.55. The van der Waals surface area contributed by atoms with Gasteiger partial charge in [-0.2, -0.15) is 0 Å². The van der Waals surface area contributed by atoms with Gasteiger partial charge < -0.3 is 0 Å². The Labute approximate surface area is 204 Å². The van der Waals surface area contributed by atoms with Crippen molar-refractivity contribution in [1.82, 2.24) is 0 Å². The topological polar surface area (TPSA) is 0 Å². The molecule has 5 aliphatic rings. The minimum absolute atomic E-state index is 0.216. The molecule has 0 unspecified atom stereocenters. The van der Waals surface area contributed by atoms with Gasteiger partial charge in [-0.25, -0.2) is 0 Å². The largest absolute Gasteiger partial charge is 0.0616 e. The van der Waals surface area contributed by atoms with E-state index in [4.69, 9.17) is 0 Å². The van der Waals surface area contributed by atoms with Gasteiger partial charge in [0.15, 0.2) is 0 Å². The first-order valence-electron chi connectivity index (χ1n) is 12.7. The Bertz CT molecular complexity index is 1400. The lowest BCUT2D eigenvalue weighted by Gasteiger charge is -2.61. The summed E-state index contributed by atoms with van der Waals surface area (Å²) in [6.45, 7) is 0. The summed E-state index contributed by atoms with van der Waals surface area (Å²) in [7, 11) is 0. The van der Waals surface area contributed by atoms with E-state index in [1.807, 2.05) is 0 Å². The van der Waals surface area contributed by atoms with E-state index in [1.165, 1.54) is 65.1 Å². The van der Waals surface area contributed by atoms with E-state index in [2.05, 4.69) is 94.8 Å². The van der Waals surface area contributed by atoms with Crippen LogP contribution >= 0.6 is 15.9 Å². The first-order valence-corrected chi connectivity index (χ1v) is 13.4. The van der Waals surface area contributed by atoms with Crippen LogP contribution in [0.2, 0.25) is 0 Å². The standard InChI is InChI=1S/C32H27Br/c33-25-11-8-22(9-12-25)27-6-3-7-28-30(27)31-26-5-2-1-4-21(26)10-13-29(31)32(28)23-15-19-14-20(17-23)18-24(32)16-19/h1-13,19-20,23-24H,14-18H2. The second-order valence-electron chi connectivity index (χ2n) is 11.1. The molecular weight excluding hydrogens is 464 g/mol. The number of hydrogen-bond acceptors (Lipinski definition) is 0. The van der Waals surface area contributed by atoms with Crippen molar-refractivity contribution in [3.63, 3.8) is 0 Å². The highest BCUT2D eigenvalue weighted by Gasteiger charge is 2.61. The van der Waals surface area contributed by atoms with Gasteiger partial charge in [-0.3, -0.25) is 0 Å². The predicted molar refractivity (Wildman–Crippen MR) is 140 cm³/mol. The van der Waals surface area contributed by atoms with E-state index in [0.29, 0.717) is 0 Å². The second-order valence-corrected chi connectivity index (χ2v) is 12.0. The van der Waals surface area contributed by atoms with Gasteiger partial charge in [0.1, 0.15) is 0 Å². The Morgan fingerprint density at radius 1 is 0.606 bits per heavy atom. The monoisotopic (exact) mass is 490 g/mol. The van der Waals surface area contributed by atoms with Crippen LogP contribution in [0.5, 0.6) is 0 Å². The molecule has 0 atom stereocenters. The highest BCUT2D eigenvalue weighted by molar-refractivity contribution is 9.10. The third kappa shape index (κ3) is 2.37. The van der Waals surface area contributed by atoms with Crippen molar-refractivity contribution in [3.8, 4) is 22.3 Å². The third-order valence-electron chi connectivity index (χ3n) is 9.72. The van der Waals surface area contributed by atoms with Crippen LogP contribution in [-0.2, 0) is 5.41 Å². The van der Waals surface area contributed by atoms with Gasteiger partial charge in [-0.15, -0.1) is 0 Å². The van der Waals surface area contributed by atoms with Crippen LogP contribution in [0.1, 0.15) is 43.2 Å². The predicted octanol–water partition coefficient (Wildman–Crippen LogP) is 8.99. The number of fused-ring (bicyclic) bond motifs is 5. The van der Waals surface area contributed by atoms with Crippen LogP contribution < -0.4 is 0 Å². The Morgan fingerprint density at radius 2 is 1.30 bits per heavy atom. The van der Waals surface area contributed by atoms with Crippen LogP contribution in [0, 0.1) is 23.7 Å². The van der Waals surface area contributed by atoms with E-state index in [9.17, 15) is 0 Å². The second kappa shape index (κ2) is 6.60. The fourth-order valence-electron chi connectivity index (χ4n) is 8.87. The molecule has 0 aliphatic heterocycles. The van der Waals surface area contributed by atoms with Gasteiger partial charge in [0.2, 0.25) is 0 Å². The fourth-order valence-corrected chi connectivity index (χ4v) is 9.14. The summed E-state index contributed by atoms with van der Waals surface area (Å²) in [5, 5.41) is 2.81. The highest BCUT2D eigenvalue weighted by Crippen LogP contribution is 2.70. The lowest BCUT2D eigenvalue weighted by molar-refractivity contribution is -0.0399. The van der Waals surface area contributed by atoms with Gasteiger partial charge in [-0.05, 0) is 112 Å². The zero-order chi connectivity index (χ0) is 21.7. The number of halogens is 1. The summed E-state index contributed by atoms with van der Waals surface area (Å²) in [4.78, 5) is 0. The van der Waals surface area contributed by atoms with Crippen molar-refractivity contribution >= 4 is 26.7 Å². The van der Waals surface area contributed by atoms with Gasteiger partial charge in [0.05, 0.1) is 0 Å². The SMILES string of the molecule is Brc1ccc(-c2cccc3c2-c2c(ccc4ccccc24)C32C3CC4CC(C3)CC2C4)cc1. The lowest BCUT2D eigenvalue weighted by atomic mass is 9.43. The average molecular weight is 491 g/mol. The molecule has 4 aromatic carbocycles. The molecule has 33 heavy (non-hydrogen) atoms. The molecule has 0 heterocycles. The summed E-state index contributed by atoms with van der Waals surface area (Å²) in [5.74, 6) is 3.55. The maximum absolute atomic E-state index is 3.64. The zero-order valence-electron chi connectivity index (χ0n) is 18.7. The molecule has 0 nitrogen and oxygen atoms in total. The Kier molecular flexibility index (Phi) is 3.80. The third-order valence-corrected chi connectivity index (χ3v) is 10.2. The summed E-state index contributed by atoms with van der Waals surface area (Å²) in [6, 6.07) is 30.2. The molecule has 0 amide bonds. The molecular formula is C32H27Br. The van der Waals surface area contributed by atoms with Crippen LogP contribution in [0.3, 0.4) is 0 Å². The molecule has 4 saturated carbocycles. The van der Waals surface area contributed by atoms with Crippen LogP contribution in [0.25, 0.3) is 33.0 Å². The Balaban J connectivity index is 1.50. The molecule has 162 valence electrons. The number of hydrogen-bond donors (Lipinski definition) is 0. The van der Waals surface area contributed by atoms with Gasteiger partial charge in [0, 0.05) is 9.89 Å². The average Bonchev–Trinajstić information content (AvgIpc) is 3.14. The van der Waals surface area contributed by atoms with Crippen molar-refractivity contribution in [2.45, 2.75) is 37.5 Å². The molecule has 4 aromatic rings. The van der Waals surface area contributed by atoms with E-state index in [0.717, 1.165) is 28.1 Å². The van der Waals surface area contributed by atoms with Crippen molar-refractivity contribution in [1.29, 1.82) is 0 Å². The van der Waals surface area contributed by atoms with Gasteiger partial charge >= 0.3 is 0 Å². The quantitative estimate of drug-likeness (QED) is 0.249. The summed E-state index contributed by atoms with van der Waals surface area (Å²) in [6.07, 6.45) is 7.23. The Morgan fingerprint density at radius 3 is 2.06 bits per heavy atom. The molecule has 4 bridgehead atoms. The molecule has 0 aromatic heterocycles. The van der Waals surface area contributed by atoms with E-state index < -0.39 is 0 Å². The van der Waals surface area contributed by atoms with E-state index in [1.54, 1.807) is 11.1 Å². The highest BCUT2D eigenvalue weighted by atomic mass is 79.9. The first-order chi connectivity index (χ1) is 16.2. The fraction of sp³-hybridized carbons (Fsp3) is 0.312. The molecule has 0 N–H and O–H groups in total. The van der Waals surface area contributed by atoms with Crippen LogP contribution in [0.4, 0.5) is 0 Å². The molecule has 9 rings (SSSR count). The summed E-state index contributed by atoms with van der Waals surface area (Å²) >= 11 is 3.64. The molecule has 0 radical (unpaired) electrons. The summed E-state index contributed by atoms with van der Waals surface area (Å²) in [5.41, 5.74) is 9.30. The smallest absolute Gasteiger partial charge is 0.0272 e. The summed E-state index contributed by atoms with van der Waals surface area (Å²) < 4.78 is 1.14. The van der Waals surface area contributed by atoms with Crippen LogP contribution in [0.15, 0.2) is 83.3 Å². The van der Waals surface area contributed by atoms with E-state index >= 15 is 0 Å². The van der Waals surface area contributed by atoms with Crippen molar-refractivity contribution in [3.05, 3.63) is 94.5 Å². The normalized spacial score (nSPS) is 30.7. The maximum Gasteiger partial charge on any atom is 0.0272 e. The zero-order valence-corrected chi connectivity index (χ0v) is 20.3. The van der Waals surface area contributed by atoms with Crippen LogP contribution in [-0.4, -0.2) is 0 Å². The van der Waals surface area contributed by atoms with Crippen molar-refractivity contribution in [2.75, 3.05) is 0 Å². The first kappa shape index (κ1) is 19.0. The minimum atomic E-state index is 0.216. The molecule has 4 fully saturated rings. The number of benzene rings is 4. The molecule has 0 saturated heterocycles.